The second kappa shape index (κ2) is 8.88. The van der Waals surface area contributed by atoms with E-state index in [9.17, 15) is 18.3 Å². The maximum Gasteiger partial charge on any atom is 0.324 e. The van der Waals surface area contributed by atoms with Crippen molar-refractivity contribution < 1.29 is 27.8 Å². The third kappa shape index (κ3) is 5.00. The molecule has 2 aromatic rings. The van der Waals surface area contributed by atoms with Crippen molar-refractivity contribution in [2.45, 2.75) is 36.8 Å². The molecule has 158 valence electrons. The first kappa shape index (κ1) is 21.8. The smallest absolute Gasteiger partial charge is 0.324 e. The van der Waals surface area contributed by atoms with Crippen molar-refractivity contribution in [3.8, 4) is 17.6 Å². The van der Waals surface area contributed by atoms with Crippen LogP contribution in [0.5, 0.6) is 5.75 Å². The average molecular weight is 429 g/mol. The Balaban J connectivity index is 1.86. The minimum absolute atomic E-state index is 0.112. The molecule has 0 aliphatic heterocycles. The average Bonchev–Trinajstić information content (AvgIpc) is 2.71. The summed E-state index contributed by atoms with van der Waals surface area (Å²) in [4.78, 5) is 11.3. The number of rotatable bonds is 9. The molecule has 0 bridgehead atoms. The van der Waals surface area contributed by atoms with Gasteiger partial charge in [-0.1, -0.05) is 48.2 Å². The number of carboxylic acids is 1. The van der Waals surface area contributed by atoms with Gasteiger partial charge >= 0.3 is 5.97 Å². The molecule has 8 heteroatoms. The third-order valence-electron chi connectivity index (χ3n) is 4.50. The number of nitrogens with one attached hydrogen (secondary N) is 1. The van der Waals surface area contributed by atoms with Crippen molar-refractivity contribution >= 4 is 26.8 Å². The highest BCUT2D eigenvalue weighted by atomic mass is 32.2. The lowest BCUT2D eigenvalue weighted by atomic mass is 10.1. The molecule has 7 nitrogen and oxygen atoms in total. The quantitative estimate of drug-likeness (QED) is 0.469. The summed E-state index contributed by atoms with van der Waals surface area (Å²) < 4.78 is 39.7. The molecule has 2 N–H and O–H groups in total. The van der Waals surface area contributed by atoms with Crippen molar-refractivity contribution in [2.24, 2.45) is 0 Å². The summed E-state index contributed by atoms with van der Waals surface area (Å²) >= 11 is 0. The van der Waals surface area contributed by atoms with E-state index in [4.69, 9.17) is 9.47 Å². The number of benzene rings is 2. The summed E-state index contributed by atoms with van der Waals surface area (Å²) in [6.07, 6.45) is 4.17. The largest absolute Gasteiger partial charge is 0.489 e. The van der Waals surface area contributed by atoms with Crippen LogP contribution >= 0.6 is 0 Å². The topological polar surface area (TPSA) is 102 Å². The van der Waals surface area contributed by atoms with E-state index in [1.165, 1.54) is 19.9 Å². The van der Waals surface area contributed by atoms with Gasteiger partial charge in [-0.2, -0.15) is 4.72 Å². The van der Waals surface area contributed by atoms with Gasteiger partial charge in [0.15, 0.2) is 0 Å². The van der Waals surface area contributed by atoms with E-state index in [0.29, 0.717) is 11.8 Å². The van der Waals surface area contributed by atoms with Gasteiger partial charge in [0.05, 0.1) is 6.61 Å². The van der Waals surface area contributed by atoms with Crippen molar-refractivity contribution in [1.82, 2.24) is 4.72 Å². The van der Waals surface area contributed by atoms with Crippen molar-refractivity contribution in [2.75, 3.05) is 13.2 Å². The number of hydrogen-bond donors (Lipinski definition) is 2. The molecule has 0 spiro atoms. The maximum absolute atomic E-state index is 13.0. The third-order valence-corrected chi connectivity index (χ3v) is 6.18. The van der Waals surface area contributed by atoms with E-state index in [1.54, 1.807) is 24.3 Å². The fourth-order valence-electron chi connectivity index (χ4n) is 2.91. The molecule has 0 saturated carbocycles. The van der Waals surface area contributed by atoms with Gasteiger partial charge in [0, 0.05) is 11.8 Å². The van der Waals surface area contributed by atoms with Gasteiger partial charge in [0.25, 0.3) is 0 Å². The van der Waals surface area contributed by atoms with Crippen molar-refractivity contribution in [3.05, 3.63) is 48.6 Å². The number of allylic oxidation sites excluding steroid dienone is 1. The Morgan fingerprint density at radius 3 is 2.70 bits per heavy atom. The van der Waals surface area contributed by atoms with Crippen LogP contribution in [0.3, 0.4) is 0 Å². The summed E-state index contributed by atoms with van der Waals surface area (Å²) in [6.45, 7) is 2.90. The van der Waals surface area contributed by atoms with E-state index >= 15 is 0 Å². The van der Waals surface area contributed by atoms with Crippen LogP contribution in [0.25, 0.3) is 10.8 Å². The zero-order valence-corrected chi connectivity index (χ0v) is 17.5. The Bertz CT molecular complexity index is 1140. The molecule has 1 atom stereocenters. The molecular weight excluding hydrogens is 406 g/mol. The maximum atomic E-state index is 13.0. The first-order valence-electron chi connectivity index (χ1n) is 9.40. The first-order chi connectivity index (χ1) is 14.2. The number of hydrogen-bond acceptors (Lipinski definition) is 5. The molecule has 0 fully saturated rings. The van der Waals surface area contributed by atoms with Crippen molar-refractivity contribution in [1.29, 1.82) is 0 Å². The van der Waals surface area contributed by atoms with Crippen LogP contribution in [0.2, 0.25) is 0 Å². The molecule has 0 saturated heterocycles. The van der Waals surface area contributed by atoms with Gasteiger partial charge in [0.2, 0.25) is 10.0 Å². The predicted octanol–water partition coefficient (Wildman–Crippen LogP) is 2.71. The van der Waals surface area contributed by atoms with Crippen LogP contribution in [0.15, 0.2) is 53.4 Å². The van der Waals surface area contributed by atoms with E-state index in [0.717, 1.165) is 5.39 Å². The first-order valence-corrected chi connectivity index (χ1v) is 10.9. The summed E-state index contributed by atoms with van der Waals surface area (Å²) in [5.74, 6) is 4.65. The van der Waals surface area contributed by atoms with Crippen LogP contribution in [-0.4, -0.2) is 44.4 Å². The Morgan fingerprint density at radius 1 is 1.23 bits per heavy atom. The normalized spacial score (nSPS) is 16.1. The molecule has 0 aromatic heterocycles. The number of carboxylic acid groups (broad SMARTS) is 1. The standard InChI is InChI=1S/C22H23NO6S/c1-22(2,21(24)25)23-30(26,27)19-13-12-16-8-6-7-11-18(16)20(19)29-15-14-28-17-9-4-3-5-10-17/h3-4,6-8,11-13,17,23H,9,14-15H2,1-2H3,(H,24,25). The summed E-state index contributed by atoms with van der Waals surface area (Å²) in [5.41, 5.74) is -1.68. The van der Waals surface area contributed by atoms with E-state index < -0.39 is 21.5 Å². The van der Waals surface area contributed by atoms with Crippen LogP contribution < -0.4 is 9.46 Å². The number of carbonyl (C=O) groups is 1. The Labute approximate surface area is 175 Å². The second-order valence-corrected chi connectivity index (χ2v) is 8.94. The van der Waals surface area contributed by atoms with E-state index in [-0.39, 0.29) is 30.0 Å². The van der Waals surface area contributed by atoms with Gasteiger partial charge in [-0.3, -0.25) is 4.79 Å². The lowest BCUT2D eigenvalue weighted by Crippen LogP contribution is -2.49. The lowest BCUT2D eigenvalue weighted by molar-refractivity contribution is -0.142. The summed E-state index contributed by atoms with van der Waals surface area (Å²) in [7, 11) is -4.17. The van der Waals surface area contributed by atoms with Gasteiger partial charge in [-0.25, -0.2) is 8.42 Å². The van der Waals surface area contributed by atoms with Crippen LogP contribution in [0.4, 0.5) is 0 Å². The molecule has 1 aliphatic carbocycles. The second-order valence-electron chi connectivity index (χ2n) is 7.28. The van der Waals surface area contributed by atoms with Crippen LogP contribution in [0.1, 0.15) is 20.3 Å². The highest BCUT2D eigenvalue weighted by molar-refractivity contribution is 7.89. The molecule has 0 heterocycles. The highest BCUT2D eigenvalue weighted by Gasteiger charge is 2.34. The molecule has 1 aliphatic rings. The fraction of sp³-hybridized carbons (Fsp3) is 0.318. The zero-order chi connectivity index (χ0) is 21.8. The molecule has 0 amide bonds. The zero-order valence-electron chi connectivity index (χ0n) is 16.7. The molecule has 30 heavy (non-hydrogen) atoms. The van der Waals surface area contributed by atoms with Gasteiger partial charge in [0.1, 0.15) is 28.9 Å². The number of sulfonamides is 1. The highest BCUT2D eigenvalue weighted by Crippen LogP contribution is 2.33. The Morgan fingerprint density at radius 2 is 2.00 bits per heavy atom. The van der Waals surface area contributed by atoms with Gasteiger partial charge in [-0.05, 0) is 31.4 Å². The molecule has 1 unspecified atom stereocenters. The lowest BCUT2D eigenvalue weighted by Gasteiger charge is -2.22. The Kier molecular flexibility index (Phi) is 6.46. The van der Waals surface area contributed by atoms with E-state index in [2.05, 4.69) is 16.6 Å². The fourth-order valence-corrected chi connectivity index (χ4v) is 4.44. The SMILES string of the molecule is CC(C)(NS(=O)(=O)c1ccc2ccccc2c1OCCOC1C#CC=CC1)C(=O)O. The summed E-state index contributed by atoms with van der Waals surface area (Å²) in [6, 6.07) is 10.3. The number of fused-ring (bicyclic) bond motifs is 1. The van der Waals surface area contributed by atoms with Crippen LogP contribution in [-0.2, 0) is 19.6 Å². The number of ether oxygens (including phenoxy) is 2. The predicted molar refractivity (Wildman–Crippen MR) is 113 cm³/mol. The number of aliphatic carboxylic acids is 1. The monoisotopic (exact) mass is 429 g/mol. The van der Waals surface area contributed by atoms with Gasteiger partial charge in [-0.15, -0.1) is 0 Å². The molecule has 0 radical (unpaired) electrons. The van der Waals surface area contributed by atoms with Crippen LogP contribution in [0, 0.1) is 11.8 Å². The minimum atomic E-state index is -4.17. The Hall–Kier alpha value is -2.86. The minimum Gasteiger partial charge on any atom is -0.489 e. The molecular formula is C22H23NO6S. The molecule has 3 rings (SSSR count). The van der Waals surface area contributed by atoms with Crippen molar-refractivity contribution in [3.63, 3.8) is 0 Å². The summed E-state index contributed by atoms with van der Waals surface area (Å²) in [5, 5.41) is 10.7. The van der Waals surface area contributed by atoms with Gasteiger partial charge < -0.3 is 14.6 Å². The van der Waals surface area contributed by atoms with E-state index in [1.807, 2.05) is 18.2 Å². The molecule has 2 aromatic carbocycles.